The Kier molecular flexibility index (Phi) is 4.97. The summed E-state index contributed by atoms with van der Waals surface area (Å²) >= 11 is 0. The molecule has 0 atom stereocenters. The number of benzene rings is 3. The van der Waals surface area contributed by atoms with Crippen LogP contribution in [0, 0.1) is 6.92 Å². The fourth-order valence-electron chi connectivity index (χ4n) is 3.20. The maximum Gasteiger partial charge on any atom is 0.323 e. The highest BCUT2D eigenvalue weighted by atomic mass is 16.1. The molecule has 0 fully saturated rings. The standard InChI is InChI=1S/C23H20N8O/c1-14-7-9-16(10-8-14)25-21-29-20(24-15-5-3-2-4-6-15)30-22(31-21)26-17-11-12-18-19(13-17)28-23(32)27-18/h2-13H,1H3,(H2,27,28,32)(H3,24,25,26,29,30,31). The van der Waals surface area contributed by atoms with Crippen LogP contribution in [0.4, 0.5) is 34.9 Å². The molecule has 0 bridgehead atoms. The molecule has 3 aromatic carbocycles. The molecule has 0 saturated heterocycles. The fraction of sp³-hybridized carbons (Fsp3) is 0.0435. The lowest BCUT2D eigenvalue weighted by Gasteiger charge is -2.12. The average molecular weight is 424 g/mol. The van der Waals surface area contributed by atoms with Crippen LogP contribution < -0.4 is 21.6 Å². The van der Waals surface area contributed by atoms with Gasteiger partial charge in [0.1, 0.15) is 0 Å². The molecule has 9 nitrogen and oxygen atoms in total. The zero-order valence-corrected chi connectivity index (χ0v) is 17.2. The summed E-state index contributed by atoms with van der Waals surface area (Å²) < 4.78 is 0. The lowest BCUT2D eigenvalue weighted by Crippen LogP contribution is -2.07. The minimum Gasteiger partial charge on any atom is -0.324 e. The number of aromatic nitrogens is 5. The highest BCUT2D eigenvalue weighted by Crippen LogP contribution is 2.22. The maximum absolute atomic E-state index is 11.5. The molecule has 0 aliphatic carbocycles. The molecule has 0 saturated carbocycles. The first-order chi connectivity index (χ1) is 15.6. The zero-order valence-electron chi connectivity index (χ0n) is 17.2. The molecule has 0 radical (unpaired) electrons. The summed E-state index contributed by atoms with van der Waals surface area (Å²) in [7, 11) is 0. The molecule has 0 unspecified atom stereocenters. The van der Waals surface area contributed by atoms with Gasteiger partial charge in [0.15, 0.2) is 0 Å². The van der Waals surface area contributed by atoms with Gasteiger partial charge in [0.05, 0.1) is 11.0 Å². The summed E-state index contributed by atoms with van der Waals surface area (Å²) in [4.78, 5) is 30.5. The number of rotatable bonds is 6. The Morgan fingerprint density at radius 3 is 1.81 bits per heavy atom. The van der Waals surface area contributed by atoms with E-state index in [2.05, 4.69) is 40.9 Å². The van der Waals surface area contributed by atoms with Crippen molar-refractivity contribution < 1.29 is 0 Å². The molecule has 0 aliphatic rings. The normalized spacial score (nSPS) is 10.8. The van der Waals surface area contributed by atoms with Crippen molar-refractivity contribution in [1.29, 1.82) is 0 Å². The van der Waals surface area contributed by atoms with Gasteiger partial charge < -0.3 is 25.9 Å². The third kappa shape index (κ3) is 4.41. The second kappa shape index (κ2) is 8.23. The van der Waals surface area contributed by atoms with E-state index >= 15 is 0 Å². The van der Waals surface area contributed by atoms with Gasteiger partial charge in [-0.2, -0.15) is 15.0 Å². The Hall–Kier alpha value is -4.66. The first kappa shape index (κ1) is 19.3. The Labute approximate surface area is 183 Å². The van der Waals surface area contributed by atoms with Crippen LogP contribution in [0.2, 0.25) is 0 Å². The van der Waals surface area contributed by atoms with Crippen LogP contribution in [-0.2, 0) is 0 Å². The maximum atomic E-state index is 11.5. The molecular weight excluding hydrogens is 404 g/mol. The van der Waals surface area contributed by atoms with Crippen LogP contribution in [0.5, 0.6) is 0 Å². The van der Waals surface area contributed by atoms with E-state index in [1.165, 1.54) is 0 Å². The second-order valence-corrected chi connectivity index (χ2v) is 7.25. The summed E-state index contributed by atoms with van der Waals surface area (Å²) in [5, 5.41) is 9.61. The first-order valence-corrected chi connectivity index (χ1v) is 10.0. The summed E-state index contributed by atoms with van der Waals surface area (Å²) in [5.41, 5.74) is 4.78. The summed E-state index contributed by atoms with van der Waals surface area (Å²) in [5.74, 6) is 1.13. The number of nitrogens with zero attached hydrogens (tertiary/aromatic N) is 3. The van der Waals surface area contributed by atoms with Crippen molar-refractivity contribution in [3.63, 3.8) is 0 Å². The number of anilines is 6. The molecule has 2 aromatic heterocycles. The van der Waals surface area contributed by atoms with Gasteiger partial charge in [0, 0.05) is 17.1 Å². The lowest BCUT2D eigenvalue weighted by atomic mass is 10.2. The molecule has 5 rings (SSSR count). The fourth-order valence-corrected chi connectivity index (χ4v) is 3.20. The number of hydrogen-bond donors (Lipinski definition) is 5. The Morgan fingerprint density at radius 2 is 1.16 bits per heavy atom. The van der Waals surface area contributed by atoms with Gasteiger partial charge in [-0.25, -0.2) is 4.79 Å². The van der Waals surface area contributed by atoms with Crippen molar-refractivity contribution in [3.8, 4) is 0 Å². The Bertz CT molecular complexity index is 1420. The topological polar surface area (TPSA) is 123 Å². The van der Waals surface area contributed by atoms with Crippen LogP contribution in [0.15, 0.2) is 77.6 Å². The monoisotopic (exact) mass is 424 g/mol. The van der Waals surface area contributed by atoms with Crippen molar-refractivity contribution in [3.05, 3.63) is 88.8 Å². The van der Waals surface area contributed by atoms with E-state index in [0.717, 1.165) is 28.1 Å². The highest BCUT2D eigenvalue weighted by molar-refractivity contribution is 5.79. The zero-order chi connectivity index (χ0) is 21.9. The molecular formula is C23H20N8O. The quantitative estimate of drug-likeness (QED) is 0.270. The number of aryl methyl sites for hydroxylation is 1. The third-order valence-electron chi connectivity index (χ3n) is 4.75. The number of fused-ring (bicyclic) bond motifs is 1. The highest BCUT2D eigenvalue weighted by Gasteiger charge is 2.09. The average Bonchev–Trinajstić information content (AvgIpc) is 3.15. The minimum atomic E-state index is -0.253. The molecule has 32 heavy (non-hydrogen) atoms. The van der Waals surface area contributed by atoms with E-state index in [9.17, 15) is 4.79 Å². The molecule has 158 valence electrons. The van der Waals surface area contributed by atoms with Gasteiger partial charge in [0.25, 0.3) is 0 Å². The number of nitrogens with one attached hydrogen (secondary N) is 5. The van der Waals surface area contributed by atoms with Crippen LogP contribution in [0.3, 0.4) is 0 Å². The summed E-state index contributed by atoms with van der Waals surface area (Å²) in [6.07, 6.45) is 0. The van der Waals surface area contributed by atoms with Crippen molar-refractivity contribution in [2.75, 3.05) is 16.0 Å². The van der Waals surface area contributed by atoms with Crippen LogP contribution in [-0.4, -0.2) is 24.9 Å². The SMILES string of the molecule is Cc1ccc(Nc2nc(Nc3ccccc3)nc(Nc3ccc4[nH]c(=O)[nH]c4c3)n2)cc1. The van der Waals surface area contributed by atoms with Gasteiger partial charge in [-0.3, -0.25) is 0 Å². The number of aromatic amines is 2. The van der Waals surface area contributed by atoms with Crippen molar-refractivity contribution in [1.82, 2.24) is 24.9 Å². The molecule has 5 aromatic rings. The number of H-pyrrole nitrogens is 2. The predicted molar refractivity (Wildman–Crippen MR) is 126 cm³/mol. The molecule has 5 N–H and O–H groups in total. The van der Waals surface area contributed by atoms with E-state index < -0.39 is 0 Å². The van der Waals surface area contributed by atoms with E-state index in [1.807, 2.05) is 79.7 Å². The van der Waals surface area contributed by atoms with Gasteiger partial charge in [-0.1, -0.05) is 35.9 Å². The van der Waals surface area contributed by atoms with E-state index in [-0.39, 0.29) is 5.69 Å². The molecule has 2 heterocycles. The molecule has 0 spiro atoms. The number of para-hydroxylation sites is 1. The molecule has 0 aliphatic heterocycles. The number of hydrogen-bond acceptors (Lipinski definition) is 7. The Morgan fingerprint density at radius 1 is 0.625 bits per heavy atom. The summed E-state index contributed by atoms with van der Waals surface area (Å²) in [6, 6.07) is 23.1. The molecule has 9 heteroatoms. The van der Waals surface area contributed by atoms with Crippen molar-refractivity contribution in [2.45, 2.75) is 6.92 Å². The van der Waals surface area contributed by atoms with E-state index in [4.69, 9.17) is 0 Å². The van der Waals surface area contributed by atoms with Crippen molar-refractivity contribution in [2.24, 2.45) is 0 Å². The van der Waals surface area contributed by atoms with E-state index in [0.29, 0.717) is 23.4 Å². The second-order valence-electron chi connectivity index (χ2n) is 7.25. The van der Waals surface area contributed by atoms with Crippen LogP contribution in [0.25, 0.3) is 11.0 Å². The first-order valence-electron chi connectivity index (χ1n) is 10.0. The van der Waals surface area contributed by atoms with E-state index in [1.54, 1.807) is 0 Å². The number of imidazole rings is 1. The summed E-state index contributed by atoms with van der Waals surface area (Å²) in [6.45, 7) is 2.03. The van der Waals surface area contributed by atoms with Crippen LogP contribution >= 0.6 is 0 Å². The van der Waals surface area contributed by atoms with Crippen molar-refractivity contribution >= 4 is 45.9 Å². The van der Waals surface area contributed by atoms with Gasteiger partial charge in [-0.15, -0.1) is 0 Å². The Balaban J connectivity index is 1.48. The molecule has 0 amide bonds. The third-order valence-corrected chi connectivity index (χ3v) is 4.75. The van der Waals surface area contributed by atoms with Crippen LogP contribution in [0.1, 0.15) is 5.56 Å². The van der Waals surface area contributed by atoms with Gasteiger partial charge in [0.2, 0.25) is 17.8 Å². The van der Waals surface area contributed by atoms with Gasteiger partial charge >= 0.3 is 5.69 Å². The van der Waals surface area contributed by atoms with Gasteiger partial charge in [-0.05, 0) is 49.4 Å². The smallest absolute Gasteiger partial charge is 0.323 e. The largest absolute Gasteiger partial charge is 0.324 e. The minimum absolute atomic E-state index is 0.253. The predicted octanol–water partition coefficient (Wildman–Crippen LogP) is 4.58. The lowest BCUT2D eigenvalue weighted by molar-refractivity contribution is 1.06.